The van der Waals surface area contributed by atoms with Crippen LogP contribution in [0.5, 0.6) is 0 Å². The molecule has 2 rings (SSSR count). The molecule has 0 saturated carbocycles. The van der Waals surface area contributed by atoms with Gasteiger partial charge in [-0.2, -0.15) is 5.26 Å². The summed E-state index contributed by atoms with van der Waals surface area (Å²) in [6.07, 6.45) is 15.6. The number of allylic oxidation sites excluding steroid dienone is 5. The minimum atomic E-state index is -0.355. The monoisotopic (exact) mass is 437 g/mol. The average Bonchev–Trinajstić information content (AvgIpc) is 3.25. The van der Waals surface area contributed by atoms with Gasteiger partial charge in [0.2, 0.25) is 0 Å². The first-order valence-corrected chi connectivity index (χ1v) is 11.1. The molecule has 0 fully saturated rings. The number of rotatable bonds is 12. The molecular weight excluding hydrogens is 402 g/mol. The molecule has 7 heteroatoms. The minimum absolute atomic E-state index is 0.124. The predicted molar refractivity (Wildman–Crippen MR) is 127 cm³/mol. The Morgan fingerprint density at radius 2 is 2.25 bits per heavy atom. The number of aromatic amines is 1. The molecular formula is C25H35N5O2. The van der Waals surface area contributed by atoms with E-state index in [4.69, 9.17) is 10.4 Å². The van der Waals surface area contributed by atoms with Gasteiger partial charge in [-0.3, -0.25) is 4.79 Å². The molecule has 0 unspecified atom stereocenters. The van der Waals surface area contributed by atoms with E-state index in [-0.39, 0.29) is 24.0 Å². The van der Waals surface area contributed by atoms with Gasteiger partial charge in [0.15, 0.2) is 5.82 Å². The van der Waals surface area contributed by atoms with Crippen LogP contribution in [0.15, 0.2) is 53.9 Å². The van der Waals surface area contributed by atoms with Crippen molar-refractivity contribution in [3.8, 4) is 6.07 Å². The van der Waals surface area contributed by atoms with Crippen LogP contribution in [0, 0.1) is 16.7 Å². The van der Waals surface area contributed by atoms with Gasteiger partial charge in [0.1, 0.15) is 11.8 Å². The predicted octanol–water partition coefficient (Wildman–Crippen LogP) is 3.90. The lowest BCUT2D eigenvalue weighted by molar-refractivity contribution is 0.0948. The number of hydrogen-bond donors (Lipinski definition) is 4. The Bertz CT molecular complexity index is 915. The number of nitrogens with one attached hydrogen (secondary N) is 3. The quantitative estimate of drug-likeness (QED) is 0.225. The van der Waals surface area contributed by atoms with Crippen LogP contribution in [0.1, 0.15) is 68.7 Å². The molecule has 1 aromatic heterocycles. The van der Waals surface area contributed by atoms with Gasteiger partial charge in [-0.1, -0.05) is 50.3 Å². The van der Waals surface area contributed by atoms with E-state index < -0.39 is 0 Å². The number of aliphatic hydroxyl groups is 1. The lowest BCUT2D eigenvalue weighted by Gasteiger charge is -2.28. The molecule has 1 amide bonds. The molecule has 0 aromatic carbocycles. The van der Waals surface area contributed by atoms with Crippen LogP contribution in [0.2, 0.25) is 0 Å². The summed E-state index contributed by atoms with van der Waals surface area (Å²) in [7, 11) is 0. The molecule has 172 valence electrons. The summed E-state index contributed by atoms with van der Waals surface area (Å²) in [6, 6.07) is 1.91. The van der Waals surface area contributed by atoms with Crippen molar-refractivity contribution in [3.63, 3.8) is 0 Å². The number of imidazole rings is 1. The van der Waals surface area contributed by atoms with Crippen LogP contribution >= 0.6 is 0 Å². The maximum atomic E-state index is 12.1. The Morgan fingerprint density at radius 3 is 2.91 bits per heavy atom. The second-order valence-electron chi connectivity index (χ2n) is 8.87. The highest BCUT2D eigenvalue weighted by Gasteiger charge is 2.20. The first-order chi connectivity index (χ1) is 15.3. The van der Waals surface area contributed by atoms with Crippen molar-refractivity contribution >= 4 is 5.91 Å². The number of aliphatic hydroxyl groups excluding tert-OH is 1. The number of aromatic nitrogens is 2. The molecule has 0 bridgehead atoms. The van der Waals surface area contributed by atoms with Crippen molar-refractivity contribution in [2.24, 2.45) is 5.41 Å². The van der Waals surface area contributed by atoms with Crippen molar-refractivity contribution in [2.45, 2.75) is 52.4 Å². The van der Waals surface area contributed by atoms with Crippen LogP contribution in [-0.4, -0.2) is 40.7 Å². The zero-order chi connectivity index (χ0) is 23.4. The third kappa shape index (κ3) is 8.94. The molecule has 0 saturated heterocycles. The van der Waals surface area contributed by atoms with Gasteiger partial charge in [-0.15, -0.1) is 0 Å². The minimum Gasteiger partial charge on any atom is -0.396 e. The first kappa shape index (κ1) is 25.2. The number of nitriles is 1. The van der Waals surface area contributed by atoms with Gasteiger partial charge >= 0.3 is 0 Å². The molecule has 0 aliphatic heterocycles. The Labute approximate surface area is 191 Å². The lowest BCUT2D eigenvalue weighted by Crippen LogP contribution is -2.24. The Morgan fingerprint density at radius 1 is 1.44 bits per heavy atom. The van der Waals surface area contributed by atoms with E-state index in [0.717, 1.165) is 30.5 Å². The van der Waals surface area contributed by atoms with Gasteiger partial charge < -0.3 is 20.7 Å². The van der Waals surface area contributed by atoms with E-state index in [9.17, 15) is 4.79 Å². The first-order valence-electron chi connectivity index (χ1n) is 11.1. The van der Waals surface area contributed by atoms with Gasteiger partial charge in [-0.25, -0.2) is 4.98 Å². The highest BCUT2D eigenvalue weighted by Crippen LogP contribution is 2.35. The van der Waals surface area contributed by atoms with E-state index in [1.807, 2.05) is 18.2 Å². The zero-order valence-corrected chi connectivity index (χ0v) is 19.2. The second kappa shape index (κ2) is 12.7. The summed E-state index contributed by atoms with van der Waals surface area (Å²) in [5.74, 6) is -0.230. The van der Waals surface area contributed by atoms with Crippen molar-refractivity contribution in [1.82, 2.24) is 20.6 Å². The fourth-order valence-electron chi connectivity index (χ4n) is 3.36. The highest BCUT2D eigenvalue weighted by molar-refractivity contribution is 5.90. The Kier molecular flexibility index (Phi) is 9.96. The lowest BCUT2D eigenvalue weighted by atomic mass is 9.78. The fourth-order valence-corrected chi connectivity index (χ4v) is 3.36. The highest BCUT2D eigenvalue weighted by atomic mass is 16.3. The number of nitrogens with zero attached hydrogens (tertiary/aromatic N) is 2. The molecule has 1 heterocycles. The molecule has 7 nitrogen and oxygen atoms in total. The number of carbonyl (C=O) groups is 1. The molecule has 0 radical (unpaired) electrons. The third-order valence-corrected chi connectivity index (χ3v) is 5.44. The van der Waals surface area contributed by atoms with E-state index in [0.29, 0.717) is 31.3 Å². The smallest absolute Gasteiger partial charge is 0.287 e. The third-order valence-electron chi connectivity index (χ3n) is 5.44. The summed E-state index contributed by atoms with van der Waals surface area (Å²) in [5.41, 5.74) is 4.13. The molecule has 32 heavy (non-hydrogen) atoms. The summed E-state index contributed by atoms with van der Waals surface area (Å²) < 4.78 is 0. The van der Waals surface area contributed by atoms with Gasteiger partial charge in [0, 0.05) is 31.8 Å². The summed E-state index contributed by atoms with van der Waals surface area (Å²) in [4.78, 5) is 18.7. The van der Waals surface area contributed by atoms with Gasteiger partial charge in [-0.05, 0) is 43.1 Å². The molecule has 1 aromatic rings. The normalized spacial score (nSPS) is 15.8. The average molecular weight is 438 g/mol. The number of H-pyrrole nitrogens is 1. The SMILES string of the molecule is C=C(CC(/C=C\CNC(=O)c1ncc(C#N)[nH]1)=C/CC1=CCC(C)(C)CC1)NCCCO. The summed E-state index contributed by atoms with van der Waals surface area (Å²) in [6.45, 7) is 9.91. The van der Waals surface area contributed by atoms with Crippen molar-refractivity contribution in [1.29, 1.82) is 5.26 Å². The molecule has 1 aliphatic carbocycles. The van der Waals surface area contributed by atoms with Crippen molar-refractivity contribution < 1.29 is 9.90 Å². The van der Waals surface area contributed by atoms with Crippen molar-refractivity contribution in [3.05, 3.63) is 65.4 Å². The molecule has 4 N–H and O–H groups in total. The van der Waals surface area contributed by atoms with Crippen LogP contribution in [0.25, 0.3) is 0 Å². The standard InChI is InChI=1S/C25H35N5O2/c1-19(27-14-5-15-31)16-21(8-7-20-9-11-25(2,3)12-10-20)6-4-13-28-24(32)23-29-18-22(17-26)30-23/h4,6,8-9,18,27,31H,1,5,7,10-16H2,2-3H3,(H,28,32)(H,29,30)/b6-4-,21-8+. The van der Waals surface area contributed by atoms with E-state index in [1.54, 1.807) is 0 Å². The van der Waals surface area contributed by atoms with Crippen LogP contribution < -0.4 is 10.6 Å². The number of carbonyl (C=O) groups excluding carboxylic acids is 1. The van der Waals surface area contributed by atoms with Crippen LogP contribution in [-0.2, 0) is 0 Å². The second-order valence-corrected chi connectivity index (χ2v) is 8.87. The van der Waals surface area contributed by atoms with Crippen LogP contribution in [0.3, 0.4) is 0 Å². The molecule has 0 atom stereocenters. The number of amides is 1. The maximum absolute atomic E-state index is 12.1. The van der Waals surface area contributed by atoms with E-state index >= 15 is 0 Å². The Hall–Kier alpha value is -3.11. The number of hydrogen-bond acceptors (Lipinski definition) is 5. The Balaban J connectivity index is 1.95. The molecule has 1 aliphatic rings. The summed E-state index contributed by atoms with van der Waals surface area (Å²) in [5, 5.41) is 23.8. The van der Waals surface area contributed by atoms with Crippen molar-refractivity contribution in [2.75, 3.05) is 19.7 Å². The fraction of sp³-hybridized carbons (Fsp3) is 0.480. The van der Waals surface area contributed by atoms with Gasteiger partial charge in [0.05, 0.1) is 6.20 Å². The van der Waals surface area contributed by atoms with Gasteiger partial charge in [0.25, 0.3) is 5.91 Å². The van der Waals surface area contributed by atoms with E-state index in [1.165, 1.54) is 18.2 Å². The van der Waals surface area contributed by atoms with Crippen LogP contribution in [0.4, 0.5) is 0 Å². The zero-order valence-electron chi connectivity index (χ0n) is 19.2. The largest absolute Gasteiger partial charge is 0.396 e. The molecule has 0 spiro atoms. The summed E-state index contributed by atoms with van der Waals surface area (Å²) >= 11 is 0. The maximum Gasteiger partial charge on any atom is 0.287 e. The van der Waals surface area contributed by atoms with E-state index in [2.05, 4.69) is 53.2 Å². The topological polar surface area (TPSA) is 114 Å².